The van der Waals surface area contributed by atoms with Gasteiger partial charge >= 0.3 is 0 Å². The molecule has 0 saturated heterocycles. The van der Waals surface area contributed by atoms with Gasteiger partial charge in [0.25, 0.3) is 5.91 Å². The number of amides is 2. The van der Waals surface area contributed by atoms with Crippen LogP contribution in [0.3, 0.4) is 0 Å². The maximum absolute atomic E-state index is 13.0. The first-order valence-corrected chi connectivity index (χ1v) is 12.1. The molecule has 1 aromatic carbocycles. The van der Waals surface area contributed by atoms with E-state index in [2.05, 4.69) is 19.2 Å². The highest BCUT2D eigenvalue weighted by Gasteiger charge is 2.54. The van der Waals surface area contributed by atoms with Gasteiger partial charge in [0.1, 0.15) is 0 Å². The Morgan fingerprint density at radius 1 is 1.16 bits per heavy atom. The van der Waals surface area contributed by atoms with E-state index in [-0.39, 0.29) is 46.9 Å². The van der Waals surface area contributed by atoms with E-state index in [0.29, 0.717) is 18.7 Å². The molecule has 2 amide bonds. The lowest BCUT2D eigenvalue weighted by Gasteiger charge is -2.56. The van der Waals surface area contributed by atoms with Crippen molar-refractivity contribution in [2.45, 2.75) is 72.4 Å². The summed E-state index contributed by atoms with van der Waals surface area (Å²) in [6.45, 7) is 11.9. The third kappa shape index (κ3) is 4.67. The van der Waals surface area contributed by atoms with E-state index < -0.39 is 6.10 Å². The van der Waals surface area contributed by atoms with Gasteiger partial charge < -0.3 is 15.3 Å². The van der Waals surface area contributed by atoms with Crippen LogP contribution in [0, 0.1) is 29.1 Å². The zero-order valence-corrected chi connectivity index (χ0v) is 19.8. The molecule has 0 unspecified atom stereocenters. The van der Waals surface area contributed by atoms with E-state index >= 15 is 0 Å². The third-order valence-corrected chi connectivity index (χ3v) is 8.35. The summed E-state index contributed by atoms with van der Waals surface area (Å²) in [5, 5.41) is 14.8. The van der Waals surface area contributed by atoms with Crippen LogP contribution < -0.4 is 5.32 Å². The van der Waals surface area contributed by atoms with Gasteiger partial charge in [-0.3, -0.25) is 9.59 Å². The molecule has 3 rings (SSSR count). The highest BCUT2D eigenvalue weighted by Crippen LogP contribution is 2.55. The fourth-order valence-corrected chi connectivity index (χ4v) is 6.35. The van der Waals surface area contributed by atoms with Crippen molar-refractivity contribution in [2.75, 3.05) is 13.1 Å². The van der Waals surface area contributed by atoms with Crippen molar-refractivity contribution < 1.29 is 14.7 Å². The Hall–Kier alpha value is -1.88. The van der Waals surface area contributed by atoms with Gasteiger partial charge in [-0.1, -0.05) is 39.0 Å². The molecule has 5 nitrogen and oxygen atoms in total. The van der Waals surface area contributed by atoms with Gasteiger partial charge in [-0.05, 0) is 74.8 Å². The smallest absolute Gasteiger partial charge is 0.251 e. The molecule has 0 radical (unpaired) electrons. The van der Waals surface area contributed by atoms with Crippen molar-refractivity contribution >= 4 is 11.8 Å². The number of nitrogens with zero attached hydrogens (tertiary/aromatic N) is 1. The molecule has 2 aliphatic carbocycles. The van der Waals surface area contributed by atoms with Gasteiger partial charge in [0.15, 0.2) is 0 Å². The first kappa shape index (κ1) is 23.8. The van der Waals surface area contributed by atoms with E-state index in [9.17, 15) is 14.7 Å². The summed E-state index contributed by atoms with van der Waals surface area (Å²) in [5.41, 5.74) is 0.727. The number of rotatable bonds is 6. The number of fused-ring (bicyclic) bond motifs is 1. The van der Waals surface area contributed by atoms with Crippen LogP contribution in [0.25, 0.3) is 0 Å². The summed E-state index contributed by atoms with van der Waals surface area (Å²) < 4.78 is 0. The molecule has 0 aromatic heterocycles. The number of nitrogens with one attached hydrogen (secondary N) is 1. The fourth-order valence-electron chi connectivity index (χ4n) is 6.35. The summed E-state index contributed by atoms with van der Waals surface area (Å²) >= 11 is 0. The molecule has 0 heterocycles. The Morgan fingerprint density at radius 2 is 1.77 bits per heavy atom. The van der Waals surface area contributed by atoms with Gasteiger partial charge in [-0.2, -0.15) is 0 Å². The molecular formula is C26H40N2O3. The molecular weight excluding hydrogens is 388 g/mol. The maximum Gasteiger partial charge on any atom is 0.251 e. The summed E-state index contributed by atoms with van der Waals surface area (Å²) in [4.78, 5) is 27.6. The SMILES string of the molecule is CCN(CC)C(=O)[C@@H](C)[C@@H]1CC[C@]2(C)CC[C@H](NC(=O)c3ccccc3)[C@@H](C)[C@@H]2[C@H]1O. The van der Waals surface area contributed by atoms with Crippen molar-refractivity contribution in [3.8, 4) is 0 Å². The lowest BCUT2D eigenvalue weighted by Crippen LogP contribution is -2.58. The Labute approximate surface area is 187 Å². The highest BCUT2D eigenvalue weighted by molar-refractivity contribution is 5.94. The molecule has 5 heteroatoms. The maximum atomic E-state index is 13.0. The second-order valence-corrected chi connectivity index (χ2v) is 10.0. The predicted octanol–water partition coefficient (Wildman–Crippen LogP) is 4.11. The minimum absolute atomic E-state index is 0.0304. The monoisotopic (exact) mass is 428 g/mol. The first-order chi connectivity index (χ1) is 14.7. The van der Waals surface area contributed by atoms with Crippen LogP contribution in [-0.2, 0) is 4.79 Å². The van der Waals surface area contributed by atoms with Gasteiger partial charge in [0.2, 0.25) is 5.91 Å². The van der Waals surface area contributed by atoms with Gasteiger partial charge in [-0.25, -0.2) is 0 Å². The number of aliphatic hydroxyl groups is 1. The van der Waals surface area contributed by atoms with Crippen LogP contribution in [0.2, 0.25) is 0 Å². The van der Waals surface area contributed by atoms with Crippen molar-refractivity contribution in [1.82, 2.24) is 10.2 Å². The molecule has 2 saturated carbocycles. The van der Waals surface area contributed by atoms with E-state index in [1.165, 1.54) is 0 Å². The zero-order valence-electron chi connectivity index (χ0n) is 19.8. The number of aliphatic hydroxyl groups excluding tert-OH is 1. The van der Waals surface area contributed by atoms with Crippen LogP contribution >= 0.6 is 0 Å². The second-order valence-electron chi connectivity index (χ2n) is 10.0. The molecule has 0 bridgehead atoms. The summed E-state index contributed by atoms with van der Waals surface area (Å²) in [5.74, 6) is 0.110. The minimum atomic E-state index is -0.528. The van der Waals surface area contributed by atoms with Gasteiger partial charge in [0.05, 0.1) is 6.10 Å². The average molecular weight is 429 g/mol. The largest absolute Gasteiger partial charge is 0.392 e. The number of benzene rings is 1. The molecule has 172 valence electrons. The van der Waals surface area contributed by atoms with Crippen molar-refractivity contribution in [3.05, 3.63) is 35.9 Å². The van der Waals surface area contributed by atoms with Crippen molar-refractivity contribution in [1.29, 1.82) is 0 Å². The predicted molar refractivity (Wildman–Crippen MR) is 124 cm³/mol. The standard InChI is InChI=1S/C26H40N2O3/c1-6-28(7-2)25(31)17(3)20-13-15-26(5)16-14-21(18(4)22(26)23(20)29)27-24(30)19-11-9-8-10-12-19/h8-12,17-18,20-23,29H,6-7,13-16H2,1-5H3,(H,27,30)/t17-,18+,20-,21-,22+,23-,26+/m0/s1. The van der Waals surface area contributed by atoms with Crippen LogP contribution in [0.15, 0.2) is 30.3 Å². The van der Waals surface area contributed by atoms with E-state index in [4.69, 9.17) is 0 Å². The second kappa shape index (κ2) is 9.72. The topological polar surface area (TPSA) is 69.6 Å². The summed E-state index contributed by atoms with van der Waals surface area (Å²) in [6, 6.07) is 9.36. The fraction of sp³-hybridized carbons (Fsp3) is 0.692. The van der Waals surface area contributed by atoms with Crippen LogP contribution in [0.4, 0.5) is 0 Å². The lowest BCUT2D eigenvalue weighted by atomic mass is 9.51. The van der Waals surface area contributed by atoms with E-state index in [0.717, 1.165) is 25.7 Å². The molecule has 31 heavy (non-hydrogen) atoms. The highest BCUT2D eigenvalue weighted by atomic mass is 16.3. The lowest BCUT2D eigenvalue weighted by molar-refractivity contribution is -0.149. The van der Waals surface area contributed by atoms with Crippen LogP contribution in [-0.4, -0.2) is 47.1 Å². The molecule has 2 N–H and O–H groups in total. The molecule has 0 aliphatic heterocycles. The van der Waals surface area contributed by atoms with Gasteiger partial charge in [0, 0.05) is 30.6 Å². The number of hydrogen-bond acceptors (Lipinski definition) is 3. The molecule has 1 aromatic rings. The average Bonchev–Trinajstić information content (AvgIpc) is 2.76. The number of carbonyl (C=O) groups excluding carboxylic acids is 2. The van der Waals surface area contributed by atoms with E-state index in [1.54, 1.807) is 0 Å². The van der Waals surface area contributed by atoms with Gasteiger partial charge in [-0.15, -0.1) is 0 Å². The molecule has 2 aliphatic rings. The summed E-state index contributed by atoms with van der Waals surface area (Å²) in [6.07, 6.45) is 3.30. The van der Waals surface area contributed by atoms with Crippen molar-refractivity contribution in [2.24, 2.45) is 29.1 Å². The number of carbonyl (C=O) groups is 2. The Bertz CT molecular complexity index is 763. The molecule has 0 spiro atoms. The number of hydrogen-bond donors (Lipinski definition) is 2. The van der Waals surface area contributed by atoms with Crippen LogP contribution in [0.5, 0.6) is 0 Å². The quantitative estimate of drug-likeness (QED) is 0.716. The van der Waals surface area contributed by atoms with E-state index in [1.807, 2.05) is 56.0 Å². The summed E-state index contributed by atoms with van der Waals surface area (Å²) in [7, 11) is 0. The Morgan fingerprint density at radius 3 is 2.39 bits per heavy atom. The first-order valence-electron chi connectivity index (χ1n) is 12.1. The zero-order chi connectivity index (χ0) is 22.8. The Kier molecular flexibility index (Phi) is 7.46. The van der Waals surface area contributed by atoms with Crippen molar-refractivity contribution in [3.63, 3.8) is 0 Å². The molecule has 7 atom stereocenters. The minimum Gasteiger partial charge on any atom is -0.392 e. The van der Waals surface area contributed by atoms with Crippen LogP contribution in [0.1, 0.15) is 70.7 Å². The normalized spacial score (nSPS) is 33.8. The molecule has 2 fully saturated rings. The Balaban J connectivity index is 1.75. The third-order valence-electron chi connectivity index (χ3n) is 8.35.